The van der Waals surface area contributed by atoms with Gasteiger partial charge in [-0.1, -0.05) is 25.1 Å². The maximum atomic E-state index is 5.15. The molecule has 2 saturated heterocycles. The van der Waals surface area contributed by atoms with Crippen LogP contribution in [-0.4, -0.2) is 97.7 Å². The van der Waals surface area contributed by atoms with E-state index < -0.39 is 0 Å². The summed E-state index contributed by atoms with van der Waals surface area (Å²) in [6.45, 7) is 10.5. The lowest BCUT2D eigenvalue weighted by molar-refractivity contribution is 0.212. The molecule has 0 amide bonds. The van der Waals surface area contributed by atoms with Gasteiger partial charge in [-0.25, -0.2) is 9.98 Å². The molecule has 0 N–H and O–H groups in total. The number of aliphatic imine (C=N–C) groups is 2. The molecule has 1 aromatic carbocycles. The highest BCUT2D eigenvalue weighted by atomic mass is 15.3. The van der Waals surface area contributed by atoms with E-state index in [0.717, 1.165) is 81.8 Å². The van der Waals surface area contributed by atoms with Gasteiger partial charge in [-0.3, -0.25) is 0 Å². The maximum absolute atomic E-state index is 5.15. The quantitative estimate of drug-likeness (QED) is 0.751. The van der Waals surface area contributed by atoms with E-state index in [4.69, 9.17) is 9.98 Å². The van der Waals surface area contributed by atoms with Crippen molar-refractivity contribution in [1.29, 1.82) is 0 Å². The van der Waals surface area contributed by atoms with Crippen LogP contribution in [-0.2, 0) is 0 Å². The summed E-state index contributed by atoms with van der Waals surface area (Å²) in [5, 5.41) is 0. The van der Waals surface area contributed by atoms with E-state index in [-0.39, 0.29) is 0 Å². The molecule has 0 unspecified atom stereocenters. The van der Waals surface area contributed by atoms with Gasteiger partial charge in [0.1, 0.15) is 11.7 Å². The molecule has 6 heteroatoms. The summed E-state index contributed by atoms with van der Waals surface area (Å²) in [6.07, 6.45) is 3.30. The van der Waals surface area contributed by atoms with Crippen LogP contribution in [0.3, 0.4) is 0 Å². The lowest BCUT2D eigenvalue weighted by Crippen LogP contribution is -2.51. The smallest absolute Gasteiger partial charge is 0.140 e. The van der Waals surface area contributed by atoms with Crippen LogP contribution in [0.5, 0.6) is 0 Å². The molecular formula is C22H32N6. The van der Waals surface area contributed by atoms with Crippen molar-refractivity contribution in [2.45, 2.75) is 13.3 Å². The highest BCUT2D eigenvalue weighted by molar-refractivity contribution is 6.24. The Hall–Kier alpha value is -2.18. The Morgan fingerprint density at radius 2 is 1.18 bits per heavy atom. The Morgan fingerprint density at radius 3 is 1.57 bits per heavy atom. The molecule has 3 aliphatic rings. The van der Waals surface area contributed by atoms with Crippen LogP contribution in [0.15, 0.2) is 45.9 Å². The first-order valence-electron chi connectivity index (χ1n) is 10.5. The van der Waals surface area contributed by atoms with Crippen LogP contribution >= 0.6 is 0 Å². The molecule has 0 bridgehead atoms. The van der Waals surface area contributed by atoms with Gasteiger partial charge in [-0.05, 0) is 32.6 Å². The lowest BCUT2D eigenvalue weighted by atomic mass is 10.1. The van der Waals surface area contributed by atoms with Gasteiger partial charge >= 0.3 is 0 Å². The lowest BCUT2D eigenvalue weighted by Gasteiger charge is -2.38. The van der Waals surface area contributed by atoms with Crippen molar-refractivity contribution in [3.63, 3.8) is 0 Å². The van der Waals surface area contributed by atoms with Crippen molar-refractivity contribution in [3.8, 4) is 0 Å². The topological polar surface area (TPSA) is 37.7 Å². The number of amidine groups is 2. The minimum absolute atomic E-state index is 0.975. The first-order valence-corrected chi connectivity index (χ1v) is 10.5. The fraction of sp³-hybridized carbons (Fsp3) is 0.545. The summed E-state index contributed by atoms with van der Waals surface area (Å²) >= 11 is 0. The number of nitrogens with zero attached hydrogens (tertiary/aromatic N) is 6. The van der Waals surface area contributed by atoms with Crippen LogP contribution in [0.2, 0.25) is 0 Å². The predicted molar refractivity (Wildman–Crippen MR) is 117 cm³/mol. The number of para-hydroxylation sites is 2. The second kappa shape index (κ2) is 8.45. The van der Waals surface area contributed by atoms with Crippen LogP contribution < -0.4 is 0 Å². The average molecular weight is 381 g/mol. The number of likely N-dealkylation sites (N-methyl/N-ethyl adjacent to an activating group) is 2. The van der Waals surface area contributed by atoms with E-state index in [1.807, 2.05) is 0 Å². The summed E-state index contributed by atoms with van der Waals surface area (Å²) in [6, 6.07) is 8.30. The standard InChI is InChI=1S/C22H32N6/c1-4-7-18-21(27-14-10-25(2)11-15-27)23-19-8-5-6-9-20(19)24-22(18)28-16-12-26(3)13-17-28/h5-9H,4,10-17H2,1-3H3. The van der Waals surface area contributed by atoms with E-state index in [1.54, 1.807) is 0 Å². The zero-order valence-corrected chi connectivity index (χ0v) is 17.4. The maximum Gasteiger partial charge on any atom is 0.140 e. The van der Waals surface area contributed by atoms with E-state index in [2.05, 4.69) is 71.0 Å². The minimum atomic E-state index is 0.975. The highest BCUT2D eigenvalue weighted by Crippen LogP contribution is 2.33. The molecule has 28 heavy (non-hydrogen) atoms. The average Bonchev–Trinajstić information content (AvgIpc) is 2.87. The van der Waals surface area contributed by atoms with E-state index in [0.29, 0.717) is 0 Å². The van der Waals surface area contributed by atoms with Gasteiger partial charge in [0.25, 0.3) is 0 Å². The van der Waals surface area contributed by atoms with Gasteiger partial charge in [-0.15, -0.1) is 0 Å². The Kier molecular flexibility index (Phi) is 5.78. The first-order chi connectivity index (χ1) is 13.7. The fourth-order valence-corrected chi connectivity index (χ4v) is 4.01. The van der Waals surface area contributed by atoms with Crippen molar-refractivity contribution in [2.75, 3.05) is 66.5 Å². The van der Waals surface area contributed by atoms with Gasteiger partial charge in [0.05, 0.1) is 16.9 Å². The number of hydrogen-bond acceptors (Lipinski definition) is 6. The third-order valence-electron chi connectivity index (χ3n) is 5.83. The summed E-state index contributed by atoms with van der Waals surface area (Å²) < 4.78 is 0. The molecule has 0 saturated carbocycles. The number of fused-ring (bicyclic) bond motifs is 1. The zero-order valence-electron chi connectivity index (χ0n) is 17.4. The molecular weight excluding hydrogens is 348 g/mol. The van der Waals surface area contributed by atoms with Gasteiger partial charge in [-0.2, -0.15) is 0 Å². The van der Waals surface area contributed by atoms with Gasteiger partial charge < -0.3 is 19.6 Å². The second-order valence-corrected chi connectivity index (χ2v) is 7.97. The van der Waals surface area contributed by atoms with Gasteiger partial charge in [0, 0.05) is 52.4 Å². The van der Waals surface area contributed by atoms with Gasteiger partial charge in [0.2, 0.25) is 0 Å². The Bertz CT molecular complexity index is 719. The number of piperazine rings is 2. The van der Waals surface area contributed by atoms with Crippen molar-refractivity contribution in [2.24, 2.45) is 9.98 Å². The Morgan fingerprint density at radius 1 is 0.750 bits per heavy atom. The normalized spacial score (nSPS) is 21.8. The molecule has 2 fully saturated rings. The summed E-state index contributed by atoms with van der Waals surface area (Å²) in [4.78, 5) is 20.0. The number of rotatable bonds is 1. The van der Waals surface area contributed by atoms with E-state index in [1.165, 1.54) is 5.57 Å². The largest absolute Gasteiger partial charge is 0.353 e. The Labute approximate surface area is 168 Å². The zero-order chi connectivity index (χ0) is 19.5. The van der Waals surface area contributed by atoms with Crippen LogP contribution in [0, 0.1) is 0 Å². The monoisotopic (exact) mass is 380 g/mol. The molecule has 0 aliphatic carbocycles. The number of benzene rings is 1. The number of hydrogen-bond donors (Lipinski definition) is 0. The third kappa shape index (κ3) is 3.98. The SMILES string of the molecule is CCC=C1C(N2CCN(C)CC2)=Nc2ccccc2N=C1N1CCN(C)CC1. The van der Waals surface area contributed by atoms with Gasteiger partial charge in [0.15, 0.2) is 0 Å². The van der Waals surface area contributed by atoms with Crippen molar-refractivity contribution in [1.82, 2.24) is 19.6 Å². The summed E-state index contributed by atoms with van der Waals surface area (Å²) in [5.74, 6) is 2.19. The molecule has 150 valence electrons. The second-order valence-electron chi connectivity index (χ2n) is 7.97. The van der Waals surface area contributed by atoms with Crippen LogP contribution in [0.25, 0.3) is 0 Å². The molecule has 0 spiro atoms. The fourth-order valence-electron chi connectivity index (χ4n) is 4.01. The molecule has 6 nitrogen and oxygen atoms in total. The summed E-state index contributed by atoms with van der Waals surface area (Å²) in [5.41, 5.74) is 3.15. The molecule has 0 aromatic heterocycles. The highest BCUT2D eigenvalue weighted by Gasteiger charge is 2.29. The molecule has 0 atom stereocenters. The number of allylic oxidation sites excluding steroid dienone is 1. The molecule has 1 aromatic rings. The van der Waals surface area contributed by atoms with E-state index >= 15 is 0 Å². The first kappa shape index (κ1) is 19.2. The molecule has 3 heterocycles. The van der Waals surface area contributed by atoms with Crippen molar-refractivity contribution in [3.05, 3.63) is 35.9 Å². The minimum Gasteiger partial charge on any atom is -0.353 e. The van der Waals surface area contributed by atoms with E-state index in [9.17, 15) is 0 Å². The van der Waals surface area contributed by atoms with Crippen molar-refractivity contribution < 1.29 is 0 Å². The Balaban J connectivity index is 1.77. The molecule has 0 radical (unpaired) electrons. The van der Waals surface area contributed by atoms with Crippen LogP contribution in [0.1, 0.15) is 13.3 Å². The molecule has 3 aliphatic heterocycles. The molecule has 4 rings (SSSR count). The predicted octanol–water partition coefficient (Wildman–Crippen LogP) is 2.59. The van der Waals surface area contributed by atoms with Crippen molar-refractivity contribution >= 4 is 23.0 Å². The summed E-state index contributed by atoms with van der Waals surface area (Å²) in [7, 11) is 4.39. The third-order valence-corrected chi connectivity index (χ3v) is 5.83. The van der Waals surface area contributed by atoms with Crippen LogP contribution in [0.4, 0.5) is 11.4 Å².